The first-order chi connectivity index (χ1) is 9.09. The molecule has 0 aromatic heterocycles. The topological polar surface area (TPSA) is 58.4 Å². The van der Waals surface area contributed by atoms with Crippen LogP contribution in [0.4, 0.5) is 0 Å². The number of amides is 1. The monoisotopic (exact) mass is 269 g/mol. The summed E-state index contributed by atoms with van der Waals surface area (Å²) in [6.07, 6.45) is 6.41. The summed E-state index contributed by atoms with van der Waals surface area (Å²) in [5, 5.41) is 3.10. The standard InChI is InChI=1S/C15H31N3O/c1-4-8-15(12-16,9-5-2)14(19)17-10-11-18(3)13-6-7-13/h13H,4-12,16H2,1-3H3,(H,17,19). The van der Waals surface area contributed by atoms with Crippen molar-refractivity contribution in [2.75, 3.05) is 26.7 Å². The van der Waals surface area contributed by atoms with Crippen molar-refractivity contribution >= 4 is 5.91 Å². The summed E-state index contributed by atoms with van der Waals surface area (Å²) in [4.78, 5) is 14.8. The van der Waals surface area contributed by atoms with E-state index in [0.717, 1.165) is 44.8 Å². The fourth-order valence-corrected chi connectivity index (χ4v) is 2.84. The third kappa shape index (κ3) is 4.77. The largest absolute Gasteiger partial charge is 0.354 e. The minimum atomic E-state index is -0.346. The molecule has 3 N–H and O–H groups in total. The molecule has 0 unspecified atom stereocenters. The highest BCUT2D eigenvalue weighted by molar-refractivity contribution is 5.82. The summed E-state index contributed by atoms with van der Waals surface area (Å²) in [5.41, 5.74) is 5.55. The lowest BCUT2D eigenvalue weighted by atomic mass is 9.78. The van der Waals surface area contributed by atoms with Gasteiger partial charge in [0.1, 0.15) is 0 Å². The Hall–Kier alpha value is -0.610. The van der Waals surface area contributed by atoms with Gasteiger partial charge in [0.25, 0.3) is 0 Å². The third-order valence-electron chi connectivity index (χ3n) is 4.25. The molecule has 1 saturated carbocycles. The number of rotatable bonds is 10. The van der Waals surface area contributed by atoms with Crippen LogP contribution in [-0.4, -0.2) is 43.5 Å². The smallest absolute Gasteiger partial charge is 0.227 e. The van der Waals surface area contributed by atoms with Gasteiger partial charge in [0, 0.05) is 25.7 Å². The lowest BCUT2D eigenvalue weighted by Crippen LogP contribution is -2.47. The van der Waals surface area contributed by atoms with Crippen LogP contribution in [-0.2, 0) is 4.79 Å². The molecule has 4 nitrogen and oxygen atoms in total. The van der Waals surface area contributed by atoms with Crippen LogP contribution in [0, 0.1) is 5.41 Å². The van der Waals surface area contributed by atoms with E-state index in [1.54, 1.807) is 0 Å². The first-order valence-electron chi connectivity index (χ1n) is 7.78. The van der Waals surface area contributed by atoms with Crippen LogP contribution in [0.3, 0.4) is 0 Å². The third-order valence-corrected chi connectivity index (χ3v) is 4.25. The lowest BCUT2D eigenvalue weighted by Gasteiger charge is -2.31. The van der Waals surface area contributed by atoms with Crippen molar-refractivity contribution in [1.82, 2.24) is 10.2 Å². The molecule has 112 valence electrons. The number of hydrogen-bond acceptors (Lipinski definition) is 3. The van der Waals surface area contributed by atoms with E-state index in [9.17, 15) is 4.79 Å². The minimum Gasteiger partial charge on any atom is -0.354 e. The van der Waals surface area contributed by atoms with Crippen LogP contribution >= 0.6 is 0 Å². The Bertz CT molecular complexity index is 271. The van der Waals surface area contributed by atoms with E-state index in [1.807, 2.05) is 0 Å². The van der Waals surface area contributed by atoms with Crippen LogP contribution in [0.25, 0.3) is 0 Å². The maximum atomic E-state index is 12.4. The Morgan fingerprint density at radius 3 is 2.32 bits per heavy atom. The maximum Gasteiger partial charge on any atom is 0.227 e. The van der Waals surface area contributed by atoms with Crippen molar-refractivity contribution in [3.8, 4) is 0 Å². The minimum absolute atomic E-state index is 0.155. The summed E-state index contributed by atoms with van der Waals surface area (Å²) in [7, 11) is 2.14. The number of carbonyl (C=O) groups excluding carboxylic acids is 1. The molecule has 1 amide bonds. The number of nitrogens with two attached hydrogens (primary N) is 1. The van der Waals surface area contributed by atoms with Crippen molar-refractivity contribution in [3.63, 3.8) is 0 Å². The molecule has 19 heavy (non-hydrogen) atoms. The second-order valence-electron chi connectivity index (χ2n) is 5.95. The number of hydrogen-bond donors (Lipinski definition) is 2. The first kappa shape index (κ1) is 16.4. The zero-order valence-corrected chi connectivity index (χ0v) is 12.9. The Kier molecular flexibility index (Phi) is 6.80. The fourth-order valence-electron chi connectivity index (χ4n) is 2.84. The highest BCUT2D eigenvalue weighted by Crippen LogP contribution is 2.29. The van der Waals surface area contributed by atoms with Gasteiger partial charge in [-0.25, -0.2) is 0 Å². The molecule has 0 spiro atoms. The second kappa shape index (κ2) is 7.85. The fraction of sp³-hybridized carbons (Fsp3) is 0.933. The van der Waals surface area contributed by atoms with E-state index in [2.05, 4.69) is 31.1 Å². The summed E-state index contributed by atoms with van der Waals surface area (Å²) >= 11 is 0. The van der Waals surface area contributed by atoms with Gasteiger partial charge in [0.2, 0.25) is 5.91 Å². The normalized spacial score (nSPS) is 15.8. The van der Waals surface area contributed by atoms with Gasteiger partial charge in [-0.2, -0.15) is 0 Å². The van der Waals surface area contributed by atoms with E-state index >= 15 is 0 Å². The average molecular weight is 269 g/mol. The first-order valence-corrected chi connectivity index (χ1v) is 7.78. The summed E-state index contributed by atoms with van der Waals surface area (Å²) < 4.78 is 0. The Balaban J connectivity index is 2.41. The van der Waals surface area contributed by atoms with Crippen molar-refractivity contribution < 1.29 is 4.79 Å². The summed E-state index contributed by atoms with van der Waals surface area (Å²) in [6.45, 7) is 6.37. The van der Waals surface area contributed by atoms with Gasteiger partial charge in [-0.1, -0.05) is 26.7 Å². The number of nitrogens with one attached hydrogen (secondary N) is 1. The van der Waals surface area contributed by atoms with Gasteiger partial charge >= 0.3 is 0 Å². The van der Waals surface area contributed by atoms with Gasteiger partial charge in [0.15, 0.2) is 0 Å². The van der Waals surface area contributed by atoms with Crippen molar-refractivity contribution in [2.45, 2.75) is 58.4 Å². The van der Waals surface area contributed by atoms with Crippen LogP contribution < -0.4 is 11.1 Å². The average Bonchev–Trinajstić information content (AvgIpc) is 3.22. The zero-order valence-electron chi connectivity index (χ0n) is 12.9. The molecular formula is C15H31N3O. The Morgan fingerprint density at radius 2 is 1.89 bits per heavy atom. The van der Waals surface area contributed by atoms with Gasteiger partial charge < -0.3 is 16.0 Å². The molecule has 0 saturated heterocycles. The highest BCUT2D eigenvalue weighted by Gasteiger charge is 2.35. The Morgan fingerprint density at radius 1 is 1.32 bits per heavy atom. The van der Waals surface area contributed by atoms with Crippen LogP contribution in [0.15, 0.2) is 0 Å². The highest BCUT2D eigenvalue weighted by atomic mass is 16.2. The molecule has 1 aliphatic carbocycles. The van der Waals surface area contributed by atoms with E-state index < -0.39 is 0 Å². The Labute approximate surface area is 118 Å². The quantitative estimate of drug-likeness (QED) is 0.635. The predicted octanol–water partition coefficient (Wildman–Crippen LogP) is 1.74. The predicted molar refractivity (Wildman–Crippen MR) is 80.0 cm³/mol. The number of carbonyl (C=O) groups is 1. The molecule has 0 heterocycles. The summed E-state index contributed by atoms with van der Waals surface area (Å²) in [6, 6.07) is 0.752. The number of nitrogens with zero attached hydrogens (tertiary/aromatic N) is 1. The number of likely N-dealkylation sites (N-methyl/N-ethyl adjacent to an activating group) is 1. The molecule has 1 rings (SSSR count). The molecule has 1 fully saturated rings. The van der Waals surface area contributed by atoms with Crippen LogP contribution in [0.1, 0.15) is 52.4 Å². The van der Waals surface area contributed by atoms with Gasteiger partial charge in [-0.3, -0.25) is 4.79 Å². The van der Waals surface area contributed by atoms with E-state index in [4.69, 9.17) is 5.73 Å². The van der Waals surface area contributed by atoms with Crippen molar-refractivity contribution in [3.05, 3.63) is 0 Å². The molecule has 0 atom stereocenters. The molecule has 0 aromatic rings. The molecule has 1 aliphatic rings. The lowest BCUT2D eigenvalue weighted by molar-refractivity contribution is -0.131. The maximum absolute atomic E-state index is 12.4. The van der Waals surface area contributed by atoms with Crippen LogP contribution in [0.2, 0.25) is 0 Å². The van der Waals surface area contributed by atoms with E-state index in [-0.39, 0.29) is 11.3 Å². The van der Waals surface area contributed by atoms with Gasteiger partial charge in [-0.05, 0) is 32.7 Å². The van der Waals surface area contributed by atoms with Crippen molar-refractivity contribution in [2.24, 2.45) is 11.1 Å². The van der Waals surface area contributed by atoms with Gasteiger partial charge in [-0.15, -0.1) is 0 Å². The molecule has 0 radical (unpaired) electrons. The zero-order chi connectivity index (χ0) is 14.3. The van der Waals surface area contributed by atoms with E-state index in [1.165, 1.54) is 12.8 Å². The van der Waals surface area contributed by atoms with Gasteiger partial charge in [0.05, 0.1) is 5.41 Å². The molecule has 0 aromatic carbocycles. The van der Waals surface area contributed by atoms with Crippen LogP contribution in [0.5, 0.6) is 0 Å². The summed E-state index contributed by atoms with van der Waals surface area (Å²) in [5.74, 6) is 0.155. The SMILES string of the molecule is CCCC(CN)(CCC)C(=O)NCCN(C)C1CC1. The molecule has 0 aliphatic heterocycles. The molecule has 0 bridgehead atoms. The molecule has 4 heteroatoms. The van der Waals surface area contributed by atoms with Crippen molar-refractivity contribution in [1.29, 1.82) is 0 Å². The van der Waals surface area contributed by atoms with E-state index in [0.29, 0.717) is 6.54 Å². The molecular weight excluding hydrogens is 238 g/mol. The second-order valence-corrected chi connectivity index (χ2v) is 5.95.